The van der Waals surface area contributed by atoms with Crippen LogP contribution in [0, 0.1) is 5.82 Å². The molecule has 0 spiro atoms. The summed E-state index contributed by atoms with van der Waals surface area (Å²) in [6.45, 7) is 3.98. The maximum atomic E-state index is 12.8. The summed E-state index contributed by atoms with van der Waals surface area (Å²) < 4.78 is 12.8. The van der Waals surface area contributed by atoms with Gasteiger partial charge in [0.25, 0.3) is 0 Å². The second-order valence-corrected chi connectivity index (χ2v) is 6.24. The molecule has 0 bridgehead atoms. The minimum absolute atomic E-state index is 0.0490. The molecule has 2 rings (SSSR count). The van der Waals surface area contributed by atoms with E-state index >= 15 is 0 Å². The number of thioether (sulfide) groups is 1. The summed E-state index contributed by atoms with van der Waals surface area (Å²) in [5.74, 6) is -0.861. The maximum absolute atomic E-state index is 12.8. The van der Waals surface area contributed by atoms with E-state index in [-0.39, 0.29) is 30.1 Å². The third-order valence-electron chi connectivity index (χ3n) is 3.20. The van der Waals surface area contributed by atoms with Crippen LogP contribution in [0.5, 0.6) is 0 Å². The number of hydrogen-bond acceptors (Lipinski definition) is 4. The highest BCUT2D eigenvalue weighted by Gasteiger charge is 2.32. The Hall–Kier alpha value is -1.89. The number of aliphatic imine (C=N–C) groups is 1. The lowest BCUT2D eigenvalue weighted by Gasteiger charge is -2.07. The summed E-state index contributed by atoms with van der Waals surface area (Å²) in [5.41, 5.74) is 0.503. The average molecular weight is 323 g/mol. The molecule has 118 valence electrons. The van der Waals surface area contributed by atoms with Crippen LogP contribution in [0.2, 0.25) is 0 Å². The Morgan fingerprint density at radius 3 is 2.77 bits per heavy atom. The van der Waals surface area contributed by atoms with E-state index < -0.39 is 5.25 Å². The highest BCUT2D eigenvalue weighted by atomic mass is 32.2. The predicted octanol–water partition coefficient (Wildman–Crippen LogP) is 2.54. The molecule has 5 nitrogen and oxygen atoms in total. The topological polar surface area (TPSA) is 70.6 Å². The van der Waals surface area contributed by atoms with Crippen molar-refractivity contribution in [2.45, 2.75) is 38.0 Å². The van der Waals surface area contributed by atoms with Gasteiger partial charge >= 0.3 is 0 Å². The summed E-state index contributed by atoms with van der Waals surface area (Å²) in [4.78, 5) is 28.2. The number of carbonyl (C=O) groups is 2. The first-order chi connectivity index (χ1) is 10.5. The molecule has 1 saturated heterocycles. The lowest BCUT2D eigenvalue weighted by atomic mass is 10.2. The van der Waals surface area contributed by atoms with Crippen molar-refractivity contribution in [3.05, 3.63) is 30.1 Å². The van der Waals surface area contributed by atoms with Gasteiger partial charge in [-0.1, -0.05) is 18.7 Å². The van der Waals surface area contributed by atoms with Crippen LogP contribution in [0.4, 0.5) is 10.1 Å². The normalized spacial score (nSPS) is 20.8. The second kappa shape index (κ2) is 7.40. The average Bonchev–Trinajstić information content (AvgIpc) is 2.81. The van der Waals surface area contributed by atoms with E-state index in [2.05, 4.69) is 15.6 Å². The van der Waals surface area contributed by atoms with Crippen LogP contribution in [0.15, 0.2) is 29.3 Å². The molecular weight excluding hydrogens is 305 g/mol. The van der Waals surface area contributed by atoms with Gasteiger partial charge in [-0.2, -0.15) is 0 Å². The molecule has 1 aromatic rings. The van der Waals surface area contributed by atoms with E-state index in [4.69, 9.17) is 0 Å². The molecule has 0 aromatic heterocycles. The van der Waals surface area contributed by atoms with Crippen LogP contribution in [-0.4, -0.2) is 28.3 Å². The first-order valence-electron chi connectivity index (χ1n) is 7.08. The zero-order valence-electron chi connectivity index (χ0n) is 12.4. The van der Waals surface area contributed by atoms with Crippen LogP contribution >= 0.6 is 11.8 Å². The summed E-state index contributed by atoms with van der Waals surface area (Å²) in [7, 11) is 0. The fourth-order valence-corrected chi connectivity index (χ4v) is 2.88. The maximum Gasteiger partial charge on any atom is 0.240 e. The second-order valence-electron chi connectivity index (χ2n) is 5.05. The van der Waals surface area contributed by atoms with Crippen molar-refractivity contribution >= 4 is 34.4 Å². The Morgan fingerprint density at radius 1 is 1.45 bits per heavy atom. The zero-order valence-corrected chi connectivity index (χ0v) is 13.2. The van der Waals surface area contributed by atoms with Crippen LogP contribution in [0.1, 0.15) is 26.7 Å². The highest BCUT2D eigenvalue weighted by Crippen LogP contribution is 2.23. The molecule has 0 unspecified atom stereocenters. The molecule has 2 atom stereocenters. The summed E-state index contributed by atoms with van der Waals surface area (Å²) >= 11 is 1.27. The summed E-state index contributed by atoms with van der Waals surface area (Å²) in [5, 5.41) is 5.42. The number of halogens is 1. The number of anilines is 1. The van der Waals surface area contributed by atoms with Gasteiger partial charge in [0.1, 0.15) is 11.1 Å². The van der Waals surface area contributed by atoms with Crippen LogP contribution in [-0.2, 0) is 9.59 Å². The lowest BCUT2D eigenvalue weighted by molar-refractivity contribution is -0.122. The SMILES string of the molecule is CC[C@@H](C)N=C1NC(=O)[C@@H](CC(=O)Nc2ccc(F)cc2)S1. The molecule has 2 N–H and O–H groups in total. The Bertz CT molecular complexity index is 589. The largest absolute Gasteiger partial charge is 0.326 e. The van der Waals surface area contributed by atoms with Gasteiger partial charge < -0.3 is 10.6 Å². The third-order valence-corrected chi connectivity index (χ3v) is 4.30. The van der Waals surface area contributed by atoms with Crippen molar-refractivity contribution in [2.75, 3.05) is 5.32 Å². The monoisotopic (exact) mass is 323 g/mol. The van der Waals surface area contributed by atoms with E-state index in [1.165, 1.54) is 36.0 Å². The van der Waals surface area contributed by atoms with E-state index in [9.17, 15) is 14.0 Å². The molecule has 7 heteroatoms. The van der Waals surface area contributed by atoms with E-state index in [0.29, 0.717) is 10.9 Å². The fourth-order valence-electron chi connectivity index (χ4n) is 1.81. The van der Waals surface area contributed by atoms with Crippen LogP contribution in [0.25, 0.3) is 0 Å². The number of amidine groups is 1. The summed E-state index contributed by atoms with van der Waals surface area (Å²) in [6.07, 6.45) is 0.934. The molecule has 0 saturated carbocycles. The third kappa shape index (κ3) is 4.56. The lowest BCUT2D eigenvalue weighted by Crippen LogP contribution is -2.28. The number of amides is 2. The Kier molecular flexibility index (Phi) is 5.54. The quantitative estimate of drug-likeness (QED) is 0.875. The first-order valence-corrected chi connectivity index (χ1v) is 7.96. The molecule has 1 heterocycles. The minimum atomic E-state index is -0.483. The molecule has 2 amide bonds. The van der Waals surface area contributed by atoms with Crippen molar-refractivity contribution in [2.24, 2.45) is 4.99 Å². The van der Waals surface area contributed by atoms with Gasteiger partial charge in [0.2, 0.25) is 11.8 Å². The smallest absolute Gasteiger partial charge is 0.240 e. The van der Waals surface area contributed by atoms with Crippen molar-refractivity contribution in [3.63, 3.8) is 0 Å². The van der Waals surface area contributed by atoms with Gasteiger partial charge in [-0.25, -0.2) is 4.39 Å². The number of carbonyl (C=O) groups excluding carboxylic acids is 2. The van der Waals surface area contributed by atoms with Crippen LogP contribution < -0.4 is 10.6 Å². The molecule has 0 aliphatic carbocycles. The van der Waals surface area contributed by atoms with Gasteiger partial charge in [0.05, 0.1) is 0 Å². The first kappa shape index (κ1) is 16.5. The van der Waals surface area contributed by atoms with Crippen molar-refractivity contribution < 1.29 is 14.0 Å². The van der Waals surface area contributed by atoms with E-state index in [0.717, 1.165) is 6.42 Å². The standard InChI is InChI=1S/C15H18FN3O2S/c1-3-9(2)17-15-19-14(21)12(22-15)8-13(20)18-11-6-4-10(16)5-7-11/h4-7,9,12H,3,8H2,1-2H3,(H,18,20)(H,17,19,21)/t9-,12-/m1/s1. The van der Waals surface area contributed by atoms with Gasteiger partial charge in [0, 0.05) is 18.2 Å². The number of benzene rings is 1. The van der Waals surface area contributed by atoms with Gasteiger partial charge in [-0.15, -0.1) is 0 Å². The molecule has 22 heavy (non-hydrogen) atoms. The van der Waals surface area contributed by atoms with Crippen molar-refractivity contribution in [3.8, 4) is 0 Å². The number of nitrogens with one attached hydrogen (secondary N) is 2. The van der Waals surface area contributed by atoms with Crippen molar-refractivity contribution in [1.29, 1.82) is 0 Å². The van der Waals surface area contributed by atoms with Crippen molar-refractivity contribution in [1.82, 2.24) is 5.32 Å². The molecular formula is C15H18FN3O2S. The zero-order chi connectivity index (χ0) is 16.1. The Morgan fingerprint density at radius 2 is 2.14 bits per heavy atom. The molecule has 1 aliphatic heterocycles. The number of nitrogens with zero attached hydrogens (tertiary/aromatic N) is 1. The Labute approximate surface area is 132 Å². The van der Waals surface area contributed by atoms with Crippen LogP contribution in [0.3, 0.4) is 0 Å². The molecule has 1 aliphatic rings. The van der Waals surface area contributed by atoms with Gasteiger partial charge in [-0.3, -0.25) is 14.6 Å². The molecule has 1 aromatic carbocycles. The Balaban J connectivity index is 1.90. The number of rotatable bonds is 5. The van der Waals surface area contributed by atoms with Gasteiger partial charge in [0.15, 0.2) is 5.17 Å². The minimum Gasteiger partial charge on any atom is -0.326 e. The van der Waals surface area contributed by atoms with E-state index in [1.807, 2.05) is 13.8 Å². The predicted molar refractivity (Wildman–Crippen MR) is 86.4 cm³/mol. The fraction of sp³-hybridized carbons (Fsp3) is 0.400. The van der Waals surface area contributed by atoms with Gasteiger partial charge in [-0.05, 0) is 37.6 Å². The number of hydrogen-bond donors (Lipinski definition) is 2. The summed E-state index contributed by atoms with van der Waals surface area (Å²) in [6, 6.07) is 5.62. The molecule has 1 fully saturated rings. The van der Waals surface area contributed by atoms with E-state index in [1.54, 1.807) is 0 Å². The molecule has 0 radical (unpaired) electrons. The highest BCUT2D eigenvalue weighted by molar-refractivity contribution is 8.15.